The van der Waals surface area contributed by atoms with Gasteiger partial charge in [0.15, 0.2) is 5.78 Å². The minimum absolute atomic E-state index is 0.192. The van der Waals surface area contributed by atoms with Gasteiger partial charge in [-0.3, -0.25) is 9.69 Å². The number of rotatable bonds is 4. The maximum Gasteiger partial charge on any atom is 0.182 e. The largest absolute Gasteiger partial charge is 0.379 e. The molecule has 1 aliphatic rings. The zero-order valence-electron chi connectivity index (χ0n) is 12.1. The van der Waals surface area contributed by atoms with Crippen molar-refractivity contribution in [2.45, 2.75) is 32.7 Å². The van der Waals surface area contributed by atoms with Gasteiger partial charge in [0.25, 0.3) is 0 Å². The van der Waals surface area contributed by atoms with Crippen LogP contribution in [0.3, 0.4) is 0 Å². The Labute approximate surface area is 115 Å². The highest BCUT2D eigenvalue weighted by atomic mass is 16.5. The summed E-state index contributed by atoms with van der Waals surface area (Å²) in [6, 6.07) is 7.98. The van der Waals surface area contributed by atoms with Crippen molar-refractivity contribution in [3.05, 3.63) is 35.4 Å². The van der Waals surface area contributed by atoms with E-state index in [9.17, 15) is 4.79 Å². The van der Waals surface area contributed by atoms with E-state index in [0.717, 1.165) is 25.1 Å². The number of nitrogens with zero attached hydrogens (tertiary/aromatic N) is 1. The summed E-state index contributed by atoms with van der Waals surface area (Å²) in [6.07, 6.45) is 1.00. The van der Waals surface area contributed by atoms with Gasteiger partial charge in [0.2, 0.25) is 0 Å². The smallest absolute Gasteiger partial charge is 0.182 e. The second-order valence-electron chi connectivity index (χ2n) is 5.54. The Hall–Kier alpha value is -1.19. The molecule has 0 spiro atoms. The fraction of sp³-hybridized carbons (Fsp3) is 0.562. The molecule has 1 fully saturated rings. The van der Waals surface area contributed by atoms with Crippen molar-refractivity contribution >= 4 is 5.78 Å². The fourth-order valence-corrected chi connectivity index (χ4v) is 2.51. The van der Waals surface area contributed by atoms with Gasteiger partial charge < -0.3 is 4.74 Å². The number of benzene rings is 1. The number of ketones is 1. The molecule has 3 heteroatoms. The zero-order chi connectivity index (χ0) is 13.9. The Bertz CT molecular complexity index is 431. The summed E-state index contributed by atoms with van der Waals surface area (Å²) in [4.78, 5) is 14.9. The van der Waals surface area contributed by atoms with E-state index in [1.807, 2.05) is 38.1 Å². The van der Waals surface area contributed by atoms with Crippen LogP contribution in [0.25, 0.3) is 0 Å². The first-order chi connectivity index (χ1) is 9.05. The van der Waals surface area contributed by atoms with Crippen molar-refractivity contribution in [2.24, 2.45) is 0 Å². The Morgan fingerprint density at radius 2 is 1.79 bits per heavy atom. The molecule has 0 aliphatic carbocycles. The molecule has 2 rings (SSSR count). The molecule has 3 nitrogen and oxygen atoms in total. The highest BCUT2D eigenvalue weighted by Crippen LogP contribution is 2.22. The molecule has 0 saturated carbocycles. The van der Waals surface area contributed by atoms with Gasteiger partial charge in [-0.15, -0.1) is 0 Å². The zero-order valence-corrected chi connectivity index (χ0v) is 12.1. The van der Waals surface area contributed by atoms with Crippen molar-refractivity contribution in [3.63, 3.8) is 0 Å². The van der Waals surface area contributed by atoms with E-state index in [-0.39, 0.29) is 5.78 Å². The molecule has 1 aliphatic heterocycles. The van der Waals surface area contributed by atoms with Crippen LogP contribution in [0.2, 0.25) is 0 Å². The number of Topliss-reactive ketones (excluding diaryl/α,β-unsaturated/α-hetero) is 1. The normalized spacial score (nSPS) is 17.4. The second kappa shape index (κ2) is 5.85. The van der Waals surface area contributed by atoms with E-state index in [0.29, 0.717) is 13.2 Å². The molecule has 1 saturated heterocycles. The highest BCUT2D eigenvalue weighted by molar-refractivity contribution is 6.02. The third kappa shape index (κ3) is 3.04. The maximum atomic E-state index is 12.7. The predicted octanol–water partition coefficient (Wildman–Crippen LogP) is 2.54. The molecular formula is C16H23NO2. The lowest BCUT2D eigenvalue weighted by Crippen LogP contribution is -2.54. The molecule has 0 unspecified atom stereocenters. The number of morpholine rings is 1. The summed E-state index contributed by atoms with van der Waals surface area (Å²) in [7, 11) is 0. The van der Waals surface area contributed by atoms with E-state index < -0.39 is 5.54 Å². The van der Waals surface area contributed by atoms with Crippen LogP contribution >= 0.6 is 0 Å². The molecule has 1 aromatic carbocycles. The molecule has 0 N–H and O–H groups in total. The van der Waals surface area contributed by atoms with E-state index in [1.54, 1.807) is 0 Å². The van der Waals surface area contributed by atoms with E-state index in [4.69, 9.17) is 4.74 Å². The average Bonchev–Trinajstić information content (AvgIpc) is 2.47. The topological polar surface area (TPSA) is 29.5 Å². The number of carbonyl (C=O) groups is 1. The van der Waals surface area contributed by atoms with Gasteiger partial charge in [0.05, 0.1) is 18.8 Å². The summed E-state index contributed by atoms with van der Waals surface area (Å²) < 4.78 is 5.36. The van der Waals surface area contributed by atoms with Crippen molar-refractivity contribution in [1.82, 2.24) is 4.90 Å². The number of ether oxygens (including phenoxy) is 1. The van der Waals surface area contributed by atoms with E-state index >= 15 is 0 Å². The van der Waals surface area contributed by atoms with E-state index in [1.165, 1.54) is 5.56 Å². The number of hydrogen-bond donors (Lipinski definition) is 0. The third-order valence-electron chi connectivity index (χ3n) is 3.98. The maximum absolute atomic E-state index is 12.7. The monoisotopic (exact) mass is 261 g/mol. The van der Waals surface area contributed by atoms with Crippen LogP contribution in [0.4, 0.5) is 0 Å². The Balaban J connectivity index is 2.15. The van der Waals surface area contributed by atoms with Crippen LogP contribution in [0.1, 0.15) is 36.7 Å². The Morgan fingerprint density at radius 3 is 2.32 bits per heavy atom. The lowest BCUT2D eigenvalue weighted by molar-refractivity contribution is -0.00429. The predicted molar refractivity (Wildman–Crippen MR) is 76.6 cm³/mol. The van der Waals surface area contributed by atoms with Crippen LogP contribution < -0.4 is 0 Å². The highest BCUT2D eigenvalue weighted by Gasteiger charge is 2.35. The van der Waals surface area contributed by atoms with Gasteiger partial charge in [-0.05, 0) is 25.8 Å². The number of hydrogen-bond acceptors (Lipinski definition) is 3. The van der Waals surface area contributed by atoms with Gasteiger partial charge in [0, 0.05) is 18.7 Å². The van der Waals surface area contributed by atoms with Crippen LogP contribution in [0.5, 0.6) is 0 Å². The second-order valence-corrected chi connectivity index (χ2v) is 5.54. The fourth-order valence-electron chi connectivity index (χ4n) is 2.51. The van der Waals surface area contributed by atoms with E-state index in [2.05, 4.69) is 11.8 Å². The quantitative estimate of drug-likeness (QED) is 0.780. The van der Waals surface area contributed by atoms with Gasteiger partial charge in [-0.25, -0.2) is 0 Å². The van der Waals surface area contributed by atoms with Gasteiger partial charge in [-0.2, -0.15) is 0 Å². The lowest BCUT2D eigenvalue weighted by atomic mass is 9.90. The van der Waals surface area contributed by atoms with Crippen LogP contribution in [0, 0.1) is 0 Å². The average molecular weight is 261 g/mol. The van der Waals surface area contributed by atoms with Gasteiger partial charge >= 0.3 is 0 Å². The molecule has 0 aromatic heterocycles. The molecule has 19 heavy (non-hydrogen) atoms. The van der Waals surface area contributed by atoms with Crippen molar-refractivity contribution in [3.8, 4) is 0 Å². The lowest BCUT2D eigenvalue weighted by Gasteiger charge is -2.39. The summed E-state index contributed by atoms with van der Waals surface area (Å²) in [6.45, 7) is 9.21. The Morgan fingerprint density at radius 1 is 1.21 bits per heavy atom. The van der Waals surface area contributed by atoms with Gasteiger partial charge in [0.1, 0.15) is 0 Å². The van der Waals surface area contributed by atoms with Crippen LogP contribution in [-0.4, -0.2) is 42.5 Å². The summed E-state index contributed by atoms with van der Waals surface area (Å²) in [5.74, 6) is 0.192. The summed E-state index contributed by atoms with van der Waals surface area (Å²) >= 11 is 0. The number of aryl methyl sites for hydroxylation is 1. The minimum atomic E-state index is -0.461. The first-order valence-electron chi connectivity index (χ1n) is 7.02. The molecule has 0 radical (unpaired) electrons. The molecule has 0 amide bonds. The molecule has 1 aromatic rings. The summed E-state index contributed by atoms with van der Waals surface area (Å²) in [5, 5.41) is 0. The van der Waals surface area contributed by atoms with Gasteiger partial charge in [-0.1, -0.05) is 31.2 Å². The van der Waals surface area contributed by atoms with Crippen molar-refractivity contribution < 1.29 is 9.53 Å². The van der Waals surface area contributed by atoms with Crippen LogP contribution in [0.15, 0.2) is 24.3 Å². The molecular weight excluding hydrogens is 238 g/mol. The first-order valence-corrected chi connectivity index (χ1v) is 7.02. The molecule has 0 bridgehead atoms. The molecule has 0 atom stereocenters. The standard InChI is InChI=1S/C16H23NO2/c1-4-13-5-7-14(8-6-13)15(18)16(2,3)17-9-11-19-12-10-17/h5-8H,4,9-12H2,1-3H3. The Kier molecular flexibility index (Phi) is 4.38. The van der Waals surface area contributed by atoms with Crippen molar-refractivity contribution in [1.29, 1.82) is 0 Å². The number of carbonyl (C=O) groups excluding carboxylic acids is 1. The SMILES string of the molecule is CCc1ccc(C(=O)C(C)(C)N2CCOCC2)cc1. The van der Waals surface area contributed by atoms with Crippen molar-refractivity contribution in [2.75, 3.05) is 26.3 Å². The minimum Gasteiger partial charge on any atom is -0.379 e. The first kappa shape index (κ1) is 14.2. The molecule has 104 valence electrons. The molecule has 1 heterocycles. The third-order valence-corrected chi connectivity index (χ3v) is 3.98. The van der Waals surface area contributed by atoms with Crippen LogP contribution in [-0.2, 0) is 11.2 Å². The summed E-state index contributed by atoms with van der Waals surface area (Å²) in [5.41, 5.74) is 1.60.